The Kier molecular flexibility index (Phi) is 5.45. The molecular formula is C17H19ClN6O. The van der Waals surface area contributed by atoms with Gasteiger partial charge in [-0.05, 0) is 12.1 Å². The average molecular weight is 359 g/mol. The lowest BCUT2D eigenvalue weighted by molar-refractivity contribution is 0.534. The first-order chi connectivity index (χ1) is 12.1. The van der Waals surface area contributed by atoms with E-state index >= 15 is 0 Å². The molecule has 0 spiro atoms. The predicted molar refractivity (Wildman–Crippen MR) is 96.9 cm³/mol. The van der Waals surface area contributed by atoms with Gasteiger partial charge in [-0.2, -0.15) is 5.10 Å². The topological polar surface area (TPSA) is 88.5 Å². The number of hydrogen-bond acceptors (Lipinski definition) is 5. The Hall–Kier alpha value is -2.67. The molecule has 0 aliphatic carbocycles. The van der Waals surface area contributed by atoms with Crippen molar-refractivity contribution in [3.05, 3.63) is 69.6 Å². The molecule has 0 bridgehead atoms. The van der Waals surface area contributed by atoms with Crippen LogP contribution in [0.25, 0.3) is 0 Å². The molecule has 130 valence electrons. The highest BCUT2D eigenvalue weighted by Crippen LogP contribution is 2.15. The quantitative estimate of drug-likeness (QED) is 0.677. The van der Waals surface area contributed by atoms with Gasteiger partial charge in [0, 0.05) is 49.6 Å². The Morgan fingerprint density at radius 3 is 3.00 bits per heavy atom. The van der Waals surface area contributed by atoms with E-state index in [0.29, 0.717) is 29.8 Å². The van der Waals surface area contributed by atoms with Gasteiger partial charge in [0.25, 0.3) is 5.56 Å². The van der Waals surface area contributed by atoms with Crippen molar-refractivity contribution in [3.63, 3.8) is 0 Å². The van der Waals surface area contributed by atoms with Gasteiger partial charge in [0.15, 0.2) is 0 Å². The van der Waals surface area contributed by atoms with Gasteiger partial charge >= 0.3 is 0 Å². The molecule has 0 radical (unpaired) electrons. The number of rotatable bonds is 7. The minimum Gasteiger partial charge on any atom is -0.355 e. The molecule has 25 heavy (non-hydrogen) atoms. The van der Waals surface area contributed by atoms with Crippen molar-refractivity contribution in [2.45, 2.75) is 25.8 Å². The van der Waals surface area contributed by atoms with E-state index in [0.717, 1.165) is 12.1 Å². The van der Waals surface area contributed by atoms with Gasteiger partial charge in [0.1, 0.15) is 0 Å². The maximum absolute atomic E-state index is 11.9. The zero-order valence-corrected chi connectivity index (χ0v) is 14.6. The molecule has 3 heterocycles. The first kappa shape index (κ1) is 17.2. The summed E-state index contributed by atoms with van der Waals surface area (Å²) in [5, 5.41) is 7.89. The number of aromatic amines is 1. The first-order valence-electron chi connectivity index (χ1n) is 8.03. The maximum Gasteiger partial charge on any atom is 0.252 e. The summed E-state index contributed by atoms with van der Waals surface area (Å²) < 4.78 is 1.74. The summed E-state index contributed by atoms with van der Waals surface area (Å²) >= 11 is 5.88. The second kappa shape index (κ2) is 7.94. The van der Waals surface area contributed by atoms with E-state index < -0.39 is 0 Å². The molecule has 7 nitrogen and oxygen atoms in total. The zero-order valence-electron chi connectivity index (χ0n) is 13.8. The molecule has 2 N–H and O–H groups in total. The lowest BCUT2D eigenvalue weighted by atomic mass is 10.1. The molecule has 3 aromatic heterocycles. The van der Waals surface area contributed by atoms with Crippen molar-refractivity contribution in [3.8, 4) is 0 Å². The highest BCUT2D eigenvalue weighted by atomic mass is 35.5. The van der Waals surface area contributed by atoms with Crippen LogP contribution in [0, 0.1) is 0 Å². The lowest BCUT2D eigenvalue weighted by Crippen LogP contribution is -2.18. The number of aromatic nitrogens is 5. The molecule has 0 aliphatic rings. The van der Waals surface area contributed by atoms with Gasteiger partial charge in [-0.1, -0.05) is 24.6 Å². The van der Waals surface area contributed by atoms with E-state index in [1.165, 1.54) is 6.07 Å². The van der Waals surface area contributed by atoms with Crippen molar-refractivity contribution < 1.29 is 0 Å². The van der Waals surface area contributed by atoms with Crippen molar-refractivity contribution >= 4 is 17.5 Å². The second-order valence-electron chi connectivity index (χ2n) is 5.80. The average Bonchev–Trinajstić information content (AvgIpc) is 3.00. The van der Waals surface area contributed by atoms with Crippen molar-refractivity contribution in [2.75, 3.05) is 11.9 Å². The van der Waals surface area contributed by atoms with Gasteiger partial charge in [-0.25, -0.2) is 4.98 Å². The first-order valence-corrected chi connectivity index (χ1v) is 8.41. The lowest BCUT2D eigenvalue weighted by Gasteiger charge is -2.12. The largest absolute Gasteiger partial charge is 0.355 e. The van der Waals surface area contributed by atoms with Crippen LogP contribution in [0.15, 0.2) is 47.7 Å². The summed E-state index contributed by atoms with van der Waals surface area (Å²) in [7, 11) is 0. The summed E-state index contributed by atoms with van der Waals surface area (Å²) in [6, 6.07) is 7.31. The summed E-state index contributed by atoms with van der Waals surface area (Å²) in [6.45, 7) is 3.22. The molecule has 1 atom stereocenters. The van der Waals surface area contributed by atoms with Crippen LogP contribution in [0.3, 0.4) is 0 Å². The van der Waals surface area contributed by atoms with E-state index in [9.17, 15) is 4.79 Å². The Morgan fingerprint density at radius 1 is 1.40 bits per heavy atom. The SMILES string of the molecule is CC(Cn1cc(Cl)cn1)c1cc(=O)[nH]c(NCCc2ccccn2)n1. The van der Waals surface area contributed by atoms with E-state index in [1.807, 2.05) is 25.1 Å². The summed E-state index contributed by atoms with van der Waals surface area (Å²) in [5.74, 6) is 0.485. The molecule has 0 aromatic carbocycles. The molecule has 0 fully saturated rings. The third-order valence-electron chi connectivity index (χ3n) is 3.73. The molecule has 3 rings (SSSR count). The Bertz CT molecular complexity index is 876. The molecule has 1 unspecified atom stereocenters. The second-order valence-corrected chi connectivity index (χ2v) is 6.23. The smallest absolute Gasteiger partial charge is 0.252 e. The standard InChI is InChI=1S/C17H19ClN6O/c1-12(10-24-11-13(18)9-21-24)15-8-16(25)23-17(22-15)20-7-5-14-4-2-3-6-19-14/h2-4,6,8-9,11-12H,5,7,10H2,1H3,(H2,20,22,23,25). The van der Waals surface area contributed by atoms with Crippen LogP contribution in [0.2, 0.25) is 5.02 Å². The van der Waals surface area contributed by atoms with Gasteiger partial charge in [0.2, 0.25) is 5.95 Å². The van der Waals surface area contributed by atoms with Crippen LogP contribution in [-0.4, -0.2) is 31.3 Å². The number of halogens is 1. The van der Waals surface area contributed by atoms with Crippen molar-refractivity contribution in [2.24, 2.45) is 0 Å². The fraction of sp³-hybridized carbons (Fsp3) is 0.294. The number of hydrogen-bond donors (Lipinski definition) is 2. The maximum atomic E-state index is 11.9. The number of H-pyrrole nitrogens is 1. The number of nitrogens with one attached hydrogen (secondary N) is 2. The number of anilines is 1. The van der Waals surface area contributed by atoms with Crippen molar-refractivity contribution in [1.82, 2.24) is 24.7 Å². The monoisotopic (exact) mass is 358 g/mol. The minimum atomic E-state index is -0.185. The Morgan fingerprint density at radius 2 is 2.28 bits per heavy atom. The van der Waals surface area contributed by atoms with E-state index in [2.05, 4.69) is 25.4 Å². The molecule has 0 saturated carbocycles. The molecular weight excluding hydrogens is 340 g/mol. The molecule has 3 aromatic rings. The van der Waals surface area contributed by atoms with Crippen LogP contribution in [0.1, 0.15) is 24.2 Å². The van der Waals surface area contributed by atoms with E-state index in [1.54, 1.807) is 23.3 Å². The Labute approximate surface area is 150 Å². The van der Waals surface area contributed by atoms with Crippen LogP contribution in [-0.2, 0) is 13.0 Å². The molecule has 0 amide bonds. The number of pyridine rings is 1. The molecule has 8 heteroatoms. The van der Waals surface area contributed by atoms with E-state index in [4.69, 9.17) is 11.6 Å². The fourth-order valence-electron chi connectivity index (χ4n) is 2.48. The van der Waals surface area contributed by atoms with Crippen molar-refractivity contribution in [1.29, 1.82) is 0 Å². The minimum absolute atomic E-state index is 0.0228. The predicted octanol–water partition coefficient (Wildman–Crippen LogP) is 2.47. The van der Waals surface area contributed by atoms with Gasteiger partial charge in [-0.15, -0.1) is 0 Å². The van der Waals surface area contributed by atoms with E-state index in [-0.39, 0.29) is 11.5 Å². The Balaban J connectivity index is 1.64. The van der Waals surface area contributed by atoms with Crippen LogP contribution in [0.4, 0.5) is 5.95 Å². The molecule has 0 aliphatic heterocycles. The third kappa shape index (κ3) is 4.90. The molecule has 0 saturated heterocycles. The zero-order chi connectivity index (χ0) is 17.6. The van der Waals surface area contributed by atoms with Gasteiger partial charge in [-0.3, -0.25) is 19.4 Å². The van der Waals surface area contributed by atoms with Gasteiger partial charge in [0.05, 0.1) is 16.9 Å². The summed E-state index contributed by atoms with van der Waals surface area (Å²) in [4.78, 5) is 23.4. The fourth-order valence-corrected chi connectivity index (χ4v) is 2.64. The van der Waals surface area contributed by atoms with Crippen LogP contribution in [0.5, 0.6) is 0 Å². The number of nitrogens with zero attached hydrogens (tertiary/aromatic N) is 4. The highest BCUT2D eigenvalue weighted by Gasteiger charge is 2.11. The highest BCUT2D eigenvalue weighted by molar-refractivity contribution is 6.30. The summed E-state index contributed by atoms with van der Waals surface area (Å²) in [6.07, 6.45) is 5.84. The van der Waals surface area contributed by atoms with Crippen LogP contribution < -0.4 is 10.9 Å². The normalized spacial score (nSPS) is 12.1. The third-order valence-corrected chi connectivity index (χ3v) is 3.92. The van der Waals surface area contributed by atoms with Crippen LogP contribution >= 0.6 is 11.6 Å². The summed E-state index contributed by atoms with van der Waals surface area (Å²) in [5.41, 5.74) is 1.50. The van der Waals surface area contributed by atoms with Gasteiger partial charge < -0.3 is 5.32 Å².